The van der Waals surface area contributed by atoms with Gasteiger partial charge in [-0.05, 0) is 0 Å². The number of carbonyl (C=O) groups is 1. The summed E-state index contributed by atoms with van der Waals surface area (Å²) in [7, 11) is 4.68. The Morgan fingerprint density at radius 3 is 2.50 bits per heavy atom. The van der Waals surface area contributed by atoms with Crippen LogP contribution in [0.5, 0.6) is 0 Å². The van der Waals surface area contributed by atoms with Gasteiger partial charge in [0.25, 0.3) is 0 Å². The molecule has 2 amide bonds. The van der Waals surface area contributed by atoms with E-state index in [1.54, 1.807) is 5.23 Å². The molecule has 1 heterocycles. The van der Waals surface area contributed by atoms with Crippen molar-refractivity contribution in [3.8, 4) is 0 Å². The first-order chi connectivity index (χ1) is 6.43. The number of anilines is 1. The van der Waals surface area contributed by atoms with Crippen molar-refractivity contribution in [2.45, 2.75) is 6.18 Å². The van der Waals surface area contributed by atoms with Crippen LogP contribution in [0.25, 0.3) is 0 Å². The summed E-state index contributed by atoms with van der Waals surface area (Å²) >= 11 is 0.209. The van der Waals surface area contributed by atoms with Gasteiger partial charge >= 0.3 is 12.2 Å². The molecule has 0 saturated heterocycles. The second-order valence-electron chi connectivity index (χ2n) is 2.01. The SMILES string of the molecule is [B]NC(=O)Nc1nnc(C(F)(F)F)s1. The minimum absolute atomic E-state index is 0.209. The highest BCUT2D eigenvalue weighted by atomic mass is 32.1. The van der Waals surface area contributed by atoms with Crippen LogP contribution < -0.4 is 10.5 Å². The lowest BCUT2D eigenvalue weighted by atomic mass is 10.4. The van der Waals surface area contributed by atoms with E-state index in [4.69, 9.17) is 0 Å². The van der Waals surface area contributed by atoms with Crippen LogP contribution in [0.1, 0.15) is 5.01 Å². The van der Waals surface area contributed by atoms with Crippen LogP contribution in [-0.2, 0) is 6.18 Å². The molecule has 2 radical (unpaired) electrons. The zero-order chi connectivity index (χ0) is 10.8. The van der Waals surface area contributed by atoms with Gasteiger partial charge < -0.3 is 5.23 Å². The van der Waals surface area contributed by atoms with Crippen LogP contribution in [0.4, 0.5) is 23.1 Å². The predicted octanol–water partition coefficient (Wildman–Crippen LogP) is 0.762. The molecule has 0 saturated carbocycles. The molecule has 1 aromatic rings. The van der Waals surface area contributed by atoms with Crippen molar-refractivity contribution in [3.63, 3.8) is 0 Å². The minimum Gasteiger partial charge on any atom is -0.391 e. The van der Waals surface area contributed by atoms with Gasteiger partial charge in [0, 0.05) is 0 Å². The molecule has 0 atom stereocenters. The molecular weight excluding hydrogens is 220 g/mol. The maximum absolute atomic E-state index is 12.0. The Morgan fingerprint density at radius 1 is 1.43 bits per heavy atom. The summed E-state index contributed by atoms with van der Waals surface area (Å²) in [4.78, 5) is 10.6. The Bertz CT molecular complexity index is 340. The van der Waals surface area contributed by atoms with Crippen LogP contribution in [0, 0.1) is 0 Å². The molecule has 0 aliphatic carbocycles. The lowest BCUT2D eigenvalue weighted by Gasteiger charge is -1.98. The largest absolute Gasteiger partial charge is 0.445 e. The zero-order valence-electron chi connectivity index (χ0n) is 6.42. The summed E-state index contributed by atoms with van der Waals surface area (Å²) < 4.78 is 35.9. The van der Waals surface area contributed by atoms with E-state index >= 15 is 0 Å². The summed E-state index contributed by atoms with van der Waals surface area (Å²) in [6, 6.07) is -0.866. The van der Waals surface area contributed by atoms with Crippen molar-refractivity contribution >= 4 is 30.5 Å². The summed E-state index contributed by atoms with van der Waals surface area (Å²) in [5.74, 6) is 0. The van der Waals surface area contributed by atoms with E-state index in [1.807, 2.05) is 5.32 Å². The predicted molar refractivity (Wildman–Crippen MR) is 42.8 cm³/mol. The molecule has 0 aliphatic heterocycles. The van der Waals surface area contributed by atoms with Gasteiger partial charge in [0.1, 0.15) is 0 Å². The van der Waals surface area contributed by atoms with Gasteiger partial charge in [-0.2, -0.15) is 13.2 Å². The number of halogens is 3. The first kappa shape index (κ1) is 10.8. The van der Waals surface area contributed by atoms with Gasteiger partial charge in [0.05, 0.1) is 0 Å². The molecular formula is C4H2BF3N4OS. The lowest BCUT2D eigenvalue weighted by molar-refractivity contribution is -0.138. The smallest absolute Gasteiger partial charge is 0.391 e. The van der Waals surface area contributed by atoms with E-state index in [0.29, 0.717) is 0 Å². The fraction of sp³-hybridized carbons (Fsp3) is 0.250. The first-order valence-electron chi connectivity index (χ1n) is 3.12. The highest BCUT2D eigenvalue weighted by Crippen LogP contribution is 2.32. The van der Waals surface area contributed by atoms with Gasteiger partial charge in [0.2, 0.25) is 18.1 Å². The van der Waals surface area contributed by atoms with Crippen molar-refractivity contribution in [3.05, 3.63) is 5.01 Å². The molecule has 0 spiro atoms. The maximum Gasteiger partial charge on any atom is 0.445 e. The van der Waals surface area contributed by atoms with E-state index < -0.39 is 17.2 Å². The Kier molecular flexibility index (Phi) is 2.94. The summed E-state index contributed by atoms with van der Waals surface area (Å²) in [5.41, 5.74) is 0. The van der Waals surface area contributed by atoms with Crippen LogP contribution in [0.2, 0.25) is 0 Å². The van der Waals surface area contributed by atoms with E-state index in [9.17, 15) is 18.0 Å². The van der Waals surface area contributed by atoms with Gasteiger partial charge in [0.15, 0.2) is 0 Å². The fourth-order valence-electron chi connectivity index (χ4n) is 0.522. The number of hydrogen-bond donors (Lipinski definition) is 2. The quantitative estimate of drug-likeness (QED) is 0.689. The number of nitrogens with zero attached hydrogens (tertiary/aromatic N) is 2. The van der Waals surface area contributed by atoms with E-state index in [0.717, 1.165) is 0 Å². The van der Waals surface area contributed by atoms with Gasteiger partial charge in [-0.15, -0.1) is 10.2 Å². The average molecular weight is 222 g/mol. The van der Waals surface area contributed by atoms with E-state index in [1.165, 1.54) is 0 Å². The number of hydrogen-bond acceptors (Lipinski definition) is 4. The minimum atomic E-state index is -4.56. The third kappa shape index (κ3) is 2.59. The number of rotatable bonds is 1. The van der Waals surface area contributed by atoms with Crippen molar-refractivity contribution in [1.29, 1.82) is 0 Å². The lowest BCUT2D eigenvalue weighted by Crippen LogP contribution is -2.25. The molecule has 10 heteroatoms. The van der Waals surface area contributed by atoms with Gasteiger partial charge in [-0.1, -0.05) is 11.3 Å². The molecule has 1 rings (SSSR count). The molecule has 74 valence electrons. The summed E-state index contributed by atoms with van der Waals surface area (Å²) in [5, 5.41) is 8.14. The van der Waals surface area contributed by atoms with E-state index in [2.05, 4.69) is 18.2 Å². The van der Waals surface area contributed by atoms with Crippen molar-refractivity contribution in [2.24, 2.45) is 0 Å². The zero-order valence-corrected chi connectivity index (χ0v) is 7.24. The normalized spacial score (nSPS) is 11.1. The van der Waals surface area contributed by atoms with Crippen molar-refractivity contribution in [2.75, 3.05) is 5.32 Å². The highest BCUT2D eigenvalue weighted by Gasteiger charge is 2.35. The van der Waals surface area contributed by atoms with Gasteiger partial charge in [-0.3, -0.25) is 5.32 Å². The third-order valence-corrected chi connectivity index (χ3v) is 1.90. The Balaban J connectivity index is 2.74. The molecule has 14 heavy (non-hydrogen) atoms. The summed E-state index contributed by atoms with van der Waals surface area (Å²) in [6.45, 7) is 0. The highest BCUT2D eigenvalue weighted by molar-refractivity contribution is 7.15. The monoisotopic (exact) mass is 222 g/mol. The Morgan fingerprint density at radius 2 is 2.07 bits per heavy atom. The number of aromatic nitrogens is 2. The standard InChI is InChI=1S/C4H2BF3N4OS/c5-10-2(13)9-3-12-11-1(14-3)4(6,7)8/h(H2,9,10,12,13). The maximum atomic E-state index is 12.0. The molecule has 5 nitrogen and oxygen atoms in total. The molecule has 0 unspecified atom stereocenters. The van der Waals surface area contributed by atoms with Gasteiger partial charge in [-0.25, -0.2) is 4.79 Å². The van der Waals surface area contributed by atoms with Crippen molar-refractivity contribution in [1.82, 2.24) is 15.4 Å². The molecule has 2 N–H and O–H groups in total. The van der Waals surface area contributed by atoms with Crippen LogP contribution in [0.15, 0.2) is 0 Å². The Hall–Kier alpha value is -1.32. The molecule has 0 fully saturated rings. The second kappa shape index (κ2) is 3.82. The average Bonchev–Trinajstić information content (AvgIpc) is 2.51. The number of carbonyl (C=O) groups excluding carboxylic acids is 1. The number of urea groups is 1. The molecule has 1 aromatic heterocycles. The first-order valence-corrected chi connectivity index (χ1v) is 3.93. The molecule has 0 aromatic carbocycles. The second-order valence-corrected chi connectivity index (χ2v) is 2.99. The third-order valence-electron chi connectivity index (χ3n) is 1.02. The van der Waals surface area contributed by atoms with E-state index in [-0.39, 0.29) is 16.5 Å². The van der Waals surface area contributed by atoms with Crippen LogP contribution in [-0.4, -0.2) is 24.2 Å². The number of amides is 2. The van der Waals surface area contributed by atoms with Crippen molar-refractivity contribution < 1.29 is 18.0 Å². The topological polar surface area (TPSA) is 66.9 Å². The molecule has 0 bridgehead atoms. The fourth-order valence-corrected chi connectivity index (χ4v) is 1.13. The number of alkyl halides is 3. The van der Waals surface area contributed by atoms with Crippen LogP contribution in [0.3, 0.4) is 0 Å². The number of nitrogens with one attached hydrogen (secondary N) is 2. The Labute approximate surface area is 81.1 Å². The molecule has 0 aliphatic rings. The van der Waals surface area contributed by atoms with Crippen LogP contribution >= 0.6 is 11.3 Å². The summed E-state index contributed by atoms with van der Waals surface area (Å²) in [6.07, 6.45) is -4.56.